The molecule has 2 aromatic carbocycles. The summed E-state index contributed by atoms with van der Waals surface area (Å²) in [6.07, 6.45) is -6.24. The van der Waals surface area contributed by atoms with Gasteiger partial charge in [0, 0.05) is 12.6 Å². The second-order valence-corrected chi connectivity index (χ2v) is 7.49. The van der Waals surface area contributed by atoms with E-state index in [9.17, 15) is 32.3 Å². The Balaban J connectivity index is 1.61. The van der Waals surface area contributed by atoms with Crippen molar-refractivity contribution in [3.8, 4) is 28.6 Å². The van der Waals surface area contributed by atoms with Crippen molar-refractivity contribution in [2.45, 2.75) is 19.0 Å². The zero-order chi connectivity index (χ0) is 25.3. The molecule has 4 rings (SSSR count). The van der Waals surface area contributed by atoms with Crippen molar-refractivity contribution in [1.82, 2.24) is 19.1 Å². The van der Waals surface area contributed by atoms with Crippen LogP contribution in [0.15, 0.2) is 58.1 Å². The third kappa shape index (κ3) is 5.19. The Morgan fingerprint density at radius 2 is 1.60 bits per heavy atom. The van der Waals surface area contributed by atoms with Crippen LogP contribution in [0.1, 0.15) is 0 Å². The lowest BCUT2D eigenvalue weighted by Crippen LogP contribution is -2.34. The molecule has 1 unspecified atom stereocenters. The number of H-pyrrole nitrogens is 1. The monoisotopic (exact) mass is 494 g/mol. The summed E-state index contributed by atoms with van der Waals surface area (Å²) in [5, 5.41) is 9.64. The quantitative estimate of drug-likeness (QED) is 0.382. The molecule has 0 saturated carbocycles. The van der Waals surface area contributed by atoms with Crippen LogP contribution in [-0.2, 0) is 13.6 Å². The number of rotatable bonds is 7. The normalized spacial score (nSPS) is 12.6. The Morgan fingerprint density at radius 3 is 2.17 bits per heavy atom. The molecule has 1 atom stereocenters. The molecule has 0 aliphatic carbocycles. The first-order chi connectivity index (χ1) is 16.6. The van der Waals surface area contributed by atoms with Gasteiger partial charge in [-0.1, -0.05) is 0 Å². The van der Waals surface area contributed by atoms with E-state index in [0.717, 1.165) is 16.7 Å². The number of halogens is 4. The predicted octanol–water partition coefficient (Wildman–Crippen LogP) is 3.11. The number of aliphatic hydroxyl groups excluding tert-OH is 1. The molecule has 0 saturated heterocycles. The third-order valence-electron chi connectivity index (χ3n) is 4.99. The van der Waals surface area contributed by atoms with Crippen LogP contribution in [-0.4, -0.2) is 43.3 Å². The Hall–Kier alpha value is -4.13. The number of aromatic amines is 1. The van der Waals surface area contributed by atoms with Gasteiger partial charge in [-0.05, 0) is 48.5 Å². The first-order valence-corrected chi connectivity index (χ1v) is 10.1. The van der Waals surface area contributed by atoms with Crippen molar-refractivity contribution in [2.75, 3.05) is 6.67 Å². The van der Waals surface area contributed by atoms with E-state index >= 15 is 0 Å². The fraction of sp³-hybridized carbons (Fsp3) is 0.227. The van der Waals surface area contributed by atoms with E-state index < -0.39 is 36.9 Å². The molecular weight excluding hydrogens is 476 g/mol. The van der Waals surface area contributed by atoms with Gasteiger partial charge in [-0.3, -0.25) is 14.3 Å². The van der Waals surface area contributed by atoms with Crippen LogP contribution in [0.5, 0.6) is 17.2 Å². The van der Waals surface area contributed by atoms with Gasteiger partial charge < -0.3 is 19.1 Å². The molecule has 0 fully saturated rings. The number of aryl methyl sites for hydroxylation is 1. The van der Waals surface area contributed by atoms with E-state index in [4.69, 9.17) is 4.74 Å². The number of aliphatic hydroxyl groups is 1. The van der Waals surface area contributed by atoms with Crippen molar-refractivity contribution >= 4 is 11.2 Å². The predicted molar refractivity (Wildman–Crippen MR) is 116 cm³/mol. The number of aromatic nitrogens is 4. The standard InChI is InChI=1S/C22H18F4N4O5/c1-29-17-19(30(11-13(31)10-23)21(33)28-20(17)32)27-18(29)12-2-4-14(5-3-12)34-15-6-8-16(9-7-15)35-22(24,25)26/h2-9,13,31H,10-11H2,1H3,(H,28,32,33). The highest BCUT2D eigenvalue weighted by molar-refractivity contribution is 5.76. The fourth-order valence-corrected chi connectivity index (χ4v) is 3.45. The molecule has 4 aromatic rings. The Labute approximate surface area is 193 Å². The molecule has 2 N–H and O–H groups in total. The van der Waals surface area contributed by atoms with Crippen molar-refractivity contribution in [3.05, 3.63) is 69.4 Å². The first kappa shape index (κ1) is 24.0. The minimum absolute atomic E-state index is 0.00904. The Kier molecular flexibility index (Phi) is 6.35. The number of nitrogens with zero attached hydrogens (tertiary/aromatic N) is 3. The van der Waals surface area contributed by atoms with E-state index in [2.05, 4.69) is 14.7 Å². The molecule has 0 amide bonds. The number of imidazole rings is 1. The summed E-state index contributed by atoms with van der Waals surface area (Å²) in [5.41, 5.74) is -0.906. The van der Waals surface area contributed by atoms with E-state index in [1.54, 1.807) is 31.3 Å². The molecule has 2 aromatic heterocycles. The van der Waals surface area contributed by atoms with Gasteiger partial charge in [0.2, 0.25) is 0 Å². The zero-order valence-electron chi connectivity index (χ0n) is 18.0. The van der Waals surface area contributed by atoms with Gasteiger partial charge in [-0.25, -0.2) is 14.2 Å². The van der Waals surface area contributed by atoms with Crippen molar-refractivity contribution in [3.63, 3.8) is 0 Å². The summed E-state index contributed by atoms with van der Waals surface area (Å²) < 4.78 is 61.5. The Morgan fingerprint density at radius 1 is 1.03 bits per heavy atom. The summed E-state index contributed by atoms with van der Waals surface area (Å²) in [6.45, 7) is -1.47. The van der Waals surface area contributed by atoms with Crippen molar-refractivity contribution < 1.29 is 32.1 Å². The van der Waals surface area contributed by atoms with Gasteiger partial charge in [0.25, 0.3) is 5.56 Å². The summed E-state index contributed by atoms with van der Waals surface area (Å²) in [4.78, 5) is 31.1. The molecule has 0 spiro atoms. The molecule has 184 valence electrons. The topological polar surface area (TPSA) is 111 Å². The van der Waals surface area contributed by atoms with Gasteiger partial charge in [-0.15, -0.1) is 13.2 Å². The number of hydrogen-bond donors (Lipinski definition) is 2. The average Bonchev–Trinajstić information content (AvgIpc) is 3.15. The maximum Gasteiger partial charge on any atom is 0.573 e. The number of nitrogens with one attached hydrogen (secondary N) is 1. The SMILES string of the molecule is Cn1c(-c2ccc(Oc3ccc(OC(F)(F)F)cc3)cc2)nc2c1c(=O)[nH]c(=O)n2CC(O)CF. The lowest BCUT2D eigenvalue weighted by atomic mass is 10.2. The van der Waals surface area contributed by atoms with E-state index in [0.29, 0.717) is 17.1 Å². The molecule has 13 heteroatoms. The van der Waals surface area contributed by atoms with E-state index in [-0.39, 0.29) is 22.7 Å². The summed E-state index contributed by atoms with van der Waals surface area (Å²) in [6, 6.07) is 11.3. The minimum Gasteiger partial charge on any atom is -0.457 e. The number of fused-ring (bicyclic) bond motifs is 1. The smallest absolute Gasteiger partial charge is 0.457 e. The fourth-order valence-electron chi connectivity index (χ4n) is 3.45. The van der Waals surface area contributed by atoms with Crippen molar-refractivity contribution in [1.29, 1.82) is 0 Å². The molecule has 0 aliphatic rings. The van der Waals surface area contributed by atoms with E-state index in [1.165, 1.54) is 16.7 Å². The van der Waals surface area contributed by atoms with Gasteiger partial charge in [0.1, 0.15) is 35.9 Å². The molecule has 2 heterocycles. The molecule has 0 aliphatic heterocycles. The van der Waals surface area contributed by atoms with Gasteiger partial charge >= 0.3 is 12.1 Å². The van der Waals surface area contributed by atoms with Gasteiger partial charge in [0.15, 0.2) is 11.2 Å². The van der Waals surface area contributed by atoms with Gasteiger partial charge in [-0.2, -0.15) is 0 Å². The lowest BCUT2D eigenvalue weighted by Gasteiger charge is -2.10. The minimum atomic E-state index is -4.79. The van der Waals surface area contributed by atoms with Crippen LogP contribution >= 0.6 is 0 Å². The largest absolute Gasteiger partial charge is 0.573 e. The second kappa shape index (κ2) is 9.25. The molecule has 0 radical (unpaired) electrons. The Bertz CT molecular complexity index is 1460. The van der Waals surface area contributed by atoms with Gasteiger partial charge in [0.05, 0.1) is 6.54 Å². The number of benzene rings is 2. The van der Waals surface area contributed by atoms with Crippen molar-refractivity contribution in [2.24, 2.45) is 7.05 Å². The van der Waals surface area contributed by atoms with Crippen LogP contribution in [0.3, 0.4) is 0 Å². The summed E-state index contributed by atoms with van der Waals surface area (Å²) in [7, 11) is 1.56. The highest BCUT2D eigenvalue weighted by Gasteiger charge is 2.31. The van der Waals surface area contributed by atoms with Crippen LogP contribution in [0.25, 0.3) is 22.6 Å². The van der Waals surface area contributed by atoms with Crippen LogP contribution in [0, 0.1) is 0 Å². The first-order valence-electron chi connectivity index (χ1n) is 10.1. The van der Waals surface area contributed by atoms with Crippen LogP contribution < -0.4 is 20.7 Å². The molecule has 0 bridgehead atoms. The van der Waals surface area contributed by atoms with E-state index in [1.807, 2.05) is 0 Å². The van der Waals surface area contributed by atoms with Crippen LogP contribution in [0.4, 0.5) is 17.6 Å². The summed E-state index contributed by atoms with van der Waals surface area (Å²) >= 11 is 0. The number of ether oxygens (including phenoxy) is 2. The third-order valence-corrected chi connectivity index (χ3v) is 4.99. The number of alkyl halides is 4. The highest BCUT2D eigenvalue weighted by atomic mass is 19.4. The maximum absolute atomic E-state index is 12.8. The zero-order valence-corrected chi connectivity index (χ0v) is 18.0. The molecule has 9 nitrogen and oxygen atoms in total. The molecular formula is C22H18F4N4O5. The lowest BCUT2D eigenvalue weighted by molar-refractivity contribution is -0.274. The second-order valence-electron chi connectivity index (χ2n) is 7.49. The molecule has 35 heavy (non-hydrogen) atoms. The number of hydrogen-bond acceptors (Lipinski definition) is 6. The average molecular weight is 494 g/mol. The maximum atomic E-state index is 12.8. The van der Waals surface area contributed by atoms with Crippen LogP contribution in [0.2, 0.25) is 0 Å². The highest BCUT2D eigenvalue weighted by Crippen LogP contribution is 2.29. The summed E-state index contributed by atoms with van der Waals surface area (Å²) in [5.74, 6) is 0.587.